The molecule has 1 aliphatic carbocycles. The van der Waals surface area contributed by atoms with E-state index < -0.39 is 0 Å². The van der Waals surface area contributed by atoms with Crippen LogP contribution in [0.25, 0.3) is 0 Å². The van der Waals surface area contributed by atoms with Crippen molar-refractivity contribution in [2.45, 2.75) is 37.6 Å². The molecule has 3 rings (SSSR count). The quantitative estimate of drug-likeness (QED) is 0.618. The topological polar surface area (TPSA) is 62.3 Å². The van der Waals surface area contributed by atoms with Crippen molar-refractivity contribution < 1.29 is 4.74 Å². The van der Waals surface area contributed by atoms with E-state index in [9.17, 15) is 0 Å². The molecule has 1 fully saturated rings. The van der Waals surface area contributed by atoms with E-state index in [-0.39, 0.29) is 0 Å². The van der Waals surface area contributed by atoms with E-state index in [1.807, 2.05) is 6.07 Å². The standard InChI is InChI=1S/C16H23N3O/c17-16(18)7-9-19(13-5-6-13)11-12-8-10-20-15-4-2-1-3-14(12)15/h1-4,12-13H,5-11H2,(H3,17,18). The molecule has 1 aromatic carbocycles. The van der Waals surface area contributed by atoms with Crippen molar-refractivity contribution in [1.82, 2.24) is 4.90 Å². The van der Waals surface area contributed by atoms with Crippen LogP contribution < -0.4 is 10.5 Å². The molecule has 1 atom stereocenters. The molecule has 1 saturated carbocycles. The number of fused-ring (bicyclic) bond motifs is 1. The average Bonchev–Trinajstić information content (AvgIpc) is 3.28. The second-order valence-electron chi connectivity index (χ2n) is 5.87. The molecule has 0 amide bonds. The monoisotopic (exact) mass is 273 g/mol. The smallest absolute Gasteiger partial charge is 0.122 e. The van der Waals surface area contributed by atoms with Gasteiger partial charge in [0.1, 0.15) is 5.75 Å². The van der Waals surface area contributed by atoms with Gasteiger partial charge in [-0.25, -0.2) is 0 Å². The van der Waals surface area contributed by atoms with Crippen LogP contribution >= 0.6 is 0 Å². The van der Waals surface area contributed by atoms with E-state index in [1.54, 1.807) is 0 Å². The van der Waals surface area contributed by atoms with Gasteiger partial charge in [-0.05, 0) is 30.9 Å². The Morgan fingerprint density at radius 2 is 2.10 bits per heavy atom. The van der Waals surface area contributed by atoms with Gasteiger partial charge in [0.05, 0.1) is 12.4 Å². The third kappa shape index (κ3) is 3.12. The summed E-state index contributed by atoms with van der Waals surface area (Å²) in [5.74, 6) is 1.89. The summed E-state index contributed by atoms with van der Waals surface area (Å²) in [5.41, 5.74) is 6.85. The minimum absolute atomic E-state index is 0.294. The molecule has 1 aliphatic heterocycles. The SMILES string of the molecule is N=C(N)CCN(CC1CCOc2ccccc21)C1CC1. The van der Waals surface area contributed by atoms with Gasteiger partial charge in [0.2, 0.25) is 0 Å². The predicted octanol–water partition coefficient (Wildman–Crippen LogP) is 2.34. The molecule has 1 unspecified atom stereocenters. The summed E-state index contributed by atoms with van der Waals surface area (Å²) in [6.07, 6.45) is 4.35. The number of nitrogens with two attached hydrogens (primary N) is 1. The van der Waals surface area contributed by atoms with Crippen LogP contribution in [0.4, 0.5) is 0 Å². The van der Waals surface area contributed by atoms with Crippen LogP contribution in [0, 0.1) is 5.41 Å². The number of amidine groups is 1. The second-order valence-corrected chi connectivity index (χ2v) is 5.87. The molecule has 0 bridgehead atoms. The lowest BCUT2D eigenvalue weighted by atomic mass is 9.92. The van der Waals surface area contributed by atoms with Gasteiger partial charge in [0.15, 0.2) is 0 Å². The van der Waals surface area contributed by atoms with Crippen molar-refractivity contribution in [2.75, 3.05) is 19.7 Å². The summed E-state index contributed by atoms with van der Waals surface area (Å²) < 4.78 is 5.74. The van der Waals surface area contributed by atoms with Gasteiger partial charge >= 0.3 is 0 Å². The summed E-state index contributed by atoms with van der Waals surface area (Å²) in [6, 6.07) is 9.10. The molecule has 20 heavy (non-hydrogen) atoms. The zero-order valence-corrected chi connectivity index (χ0v) is 11.8. The number of ether oxygens (including phenoxy) is 1. The Morgan fingerprint density at radius 3 is 2.85 bits per heavy atom. The van der Waals surface area contributed by atoms with Crippen LogP contribution in [-0.2, 0) is 0 Å². The number of benzene rings is 1. The van der Waals surface area contributed by atoms with Gasteiger partial charge in [-0.15, -0.1) is 0 Å². The highest BCUT2D eigenvalue weighted by molar-refractivity contribution is 5.76. The van der Waals surface area contributed by atoms with Gasteiger partial charge in [-0.2, -0.15) is 0 Å². The van der Waals surface area contributed by atoms with Crippen molar-refractivity contribution in [1.29, 1.82) is 5.41 Å². The maximum absolute atomic E-state index is 7.42. The van der Waals surface area contributed by atoms with Crippen molar-refractivity contribution in [3.05, 3.63) is 29.8 Å². The molecule has 4 nitrogen and oxygen atoms in total. The van der Waals surface area contributed by atoms with Crippen LogP contribution in [0.2, 0.25) is 0 Å². The number of nitrogens with zero attached hydrogens (tertiary/aromatic N) is 1. The largest absolute Gasteiger partial charge is 0.493 e. The van der Waals surface area contributed by atoms with Crippen molar-refractivity contribution in [3.8, 4) is 5.75 Å². The molecule has 1 heterocycles. The minimum atomic E-state index is 0.294. The lowest BCUT2D eigenvalue weighted by molar-refractivity contribution is 0.208. The molecule has 108 valence electrons. The highest BCUT2D eigenvalue weighted by Crippen LogP contribution is 2.36. The average molecular weight is 273 g/mol. The third-order valence-electron chi connectivity index (χ3n) is 4.27. The minimum Gasteiger partial charge on any atom is -0.493 e. The molecule has 0 radical (unpaired) electrons. The summed E-state index contributed by atoms with van der Waals surface area (Å²) in [4.78, 5) is 2.52. The molecule has 1 aromatic rings. The van der Waals surface area contributed by atoms with Crippen LogP contribution in [0.15, 0.2) is 24.3 Å². The molecule has 0 saturated heterocycles. The Balaban J connectivity index is 1.68. The molecular formula is C16H23N3O. The van der Waals surface area contributed by atoms with E-state index in [0.29, 0.717) is 24.2 Å². The van der Waals surface area contributed by atoms with E-state index in [0.717, 1.165) is 31.9 Å². The number of rotatable bonds is 6. The van der Waals surface area contributed by atoms with E-state index >= 15 is 0 Å². The molecule has 4 heteroatoms. The lowest BCUT2D eigenvalue weighted by Crippen LogP contribution is -2.35. The van der Waals surface area contributed by atoms with Crippen molar-refractivity contribution in [2.24, 2.45) is 5.73 Å². The van der Waals surface area contributed by atoms with Crippen molar-refractivity contribution in [3.63, 3.8) is 0 Å². The van der Waals surface area contributed by atoms with Gasteiger partial charge in [-0.1, -0.05) is 18.2 Å². The van der Waals surface area contributed by atoms with Gasteiger partial charge in [-0.3, -0.25) is 10.3 Å². The third-order valence-corrected chi connectivity index (χ3v) is 4.27. The van der Waals surface area contributed by atoms with E-state index in [1.165, 1.54) is 18.4 Å². The number of hydrogen-bond donors (Lipinski definition) is 2. The fourth-order valence-corrected chi connectivity index (χ4v) is 3.02. The highest BCUT2D eigenvalue weighted by atomic mass is 16.5. The molecule has 3 N–H and O–H groups in total. The van der Waals surface area contributed by atoms with Crippen LogP contribution in [0.1, 0.15) is 37.2 Å². The van der Waals surface area contributed by atoms with Gasteiger partial charge in [0, 0.05) is 31.5 Å². The first kappa shape index (κ1) is 13.4. The number of hydrogen-bond acceptors (Lipinski definition) is 3. The van der Waals surface area contributed by atoms with Gasteiger partial charge in [0.25, 0.3) is 0 Å². The first-order chi connectivity index (χ1) is 9.74. The van der Waals surface area contributed by atoms with Crippen molar-refractivity contribution >= 4 is 5.84 Å². The fraction of sp³-hybridized carbons (Fsp3) is 0.562. The van der Waals surface area contributed by atoms with E-state index in [2.05, 4.69) is 23.1 Å². The molecular weight excluding hydrogens is 250 g/mol. The Morgan fingerprint density at radius 1 is 1.30 bits per heavy atom. The number of nitrogens with one attached hydrogen (secondary N) is 1. The summed E-state index contributed by atoms with van der Waals surface area (Å²) >= 11 is 0. The zero-order valence-electron chi connectivity index (χ0n) is 11.8. The predicted molar refractivity (Wildman–Crippen MR) is 80.4 cm³/mol. The second kappa shape index (κ2) is 5.83. The molecule has 0 spiro atoms. The Bertz CT molecular complexity index is 484. The normalized spacial score (nSPS) is 21.4. The van der Waals surface area contributed by atoms with Crippen LogP contribution in [0.3, 0.4) is 0 Å². The van der Waals surface area contributed by atoms with Crippen LogP contribution in [0.5, 0.6) is 5.75 Å². The number of para-hydroxylation sites is 1. The summed E-state index contributed by atoms with van der Waals surface area (Å²) in [7, 11) is 0. The van der Waals surface area contributed by atoms with Gasteiger partial charge < -0.3 is 10.5 Å². The Labute approximate surface area is 120 Å². The first-order valence-corrected chi connectivity index (χ1v) is 7.52. The summed E-state index contributed by atoms with van der Waals surface area (Å²) in [6.45, 7) is 2.80. The first-order valence-electron chi connectivity index (χ1n) is 7.52. The summed E-state index contributed by atoms with van der Waals surface area (Å²) in [5, 5.41) is 7.42. The maximum atomic E-state index is 7.42. The lowest BCUT2D eigenvalue weighted by Gasteiger charge is -2.31. The Hall–Kier alpha value is -1.55. The zero-order chi connectivity index (χ0) is 13.9. The Kier molecular flexibility index (Phi) is 3.92. The fourth-order valence-electron chi connectivity index (χ4n) is 3.02. The highest BCUT2D eigenvalue weighted by Gasteiger charge is 2.32. The maximum Gasteiger partial charge on any atom is 0.122 e. The molecule has 2 aliphatic rings. The van der Waals surface area contributed by atoms with Crippen LogP contribution in [-0.4, -0.2) is 36.5 Å². The molecule has 0 aromatic heterocycles. The van der Waals surface area contributed by atoms with E-state index in [4.69, 9.17) is 15.9 Å².